The lowest BCUT2D eigenvalue weighted by molar-refractivity contribution is -0.123. The summed E-state index contributed by atoms with van der Waals surface area (Å²) in [5.74, 6) is -0.481. The Balaban J connectivity index is 1.66. The Morgan fingerprint density at radius 3 is 2.52 bits per heavy atom. The molecule has 0 unspecified atom stereocenters. The van der Waals surface area contributed by atoms with Crippen LogP contribution < -0.4 is 5.73 Å². The molecule has 2 N–H and O–H groups in total. The number of hydrogen-bond donors (Lipinski definition) is 1. The van der Waals surface area contributed by atoms with Crippen LogP contribution in [0, 0.1) is 0 Å². The number of carbonyl (C=O) groups excluding carboxylic acids is 1. The predicted molar refractivity (Wildman–Crippen MR) is 94.9 cm³/mol. The second-order valence-corrected chi connectivity index (χ2v) is 5.68. The van der Waals surface area contributed by atoms with Crippen molar-refractivity contribution in [1.82, 2.24) is 9.78 Å². The molecule has 1 amide bonds. The average Bonchev–Trinajstić information content (AvgIpc) is 2.97. The van der Waals surface area contributed by atoms with E-state index in [1.54, 1.807) is 0 Å². The number of para-hydroxylation sites is 1. The second kappa shape index (κ2) is 8.41. The minimum atomic E-state index is -0.481. The van der Waals surface area contributed by atoms with E-state index in [4.69, 9.17) is 20.3 Å². The first kappa shape index (κ1) is 17.1. The fraction of sp³-hybridized carbons (Fsp3) is 0.263. The summed E-state index contributed by atoms with van der Waals surface area (Å²) in [6, 6.07) is 18.3. The van der Waals surface area contributed by atoms with E-state index in [9.17, 15) is 4.79 Å². The molecule has 6 nitrogen and oxygen atoms in total. The van der Waals surface area contributed by atoms with Crippen LogP contribution in [-0.4, -0.2) is 35.5 Å². The van der Waals surface area contributed by atoms with E-state index >= 15 is 0 Å². The van der Waals surface area contributed by atoms with Gasteiger partial charge in [-0.25, -0.2) is 0 Å². The third-order valence-corrected chi connectivity index (χ3v) is 3.76. The highest BCUT2D eigenvalue weighted by atomic mass is 16.5. The van der Waals surface area contributed by atoms with Gasteiger partial charge in [-0.3, -0.25) is 9.48 Å². The van der Waals surface area contributed by atoms with Crippen LogP contribution in [0.1, 0.15) is 11.3 Å². The molecular formula is C19H21N3O3. The molecule has 25 heavy (non-hydrogen) atoms. The SMILES string of the molecule is NC(=O)COCCOCc1nn(Cc2ccccc2)c2ccccc12. The molecule has 0 aliphatic heterocycles. The van der Waals surface area contributed by atoms with Gasteiger partial charge < -0.3 is 15.2 Å². The topological polar surface area (TPSA) is 79.4 Å². The average molecular weight is 339 g/mol. The van der Waals surface area contributed by atoms with E-state index in [1.807, 2.05) is 41.1 Å². The van der Waals surface area contributed by atoms with E-state index in [1.165, 1.54) is 5.56 Å². The molecule has 1 heterocycles. The van der Waals surface area contributed by atoms with E-state index in [0.29, 0.717) is 26.4 Å². The van der Waals surface area contributed by atoms with Gasteiger partial charge in [0.1, 0.15) is 6.61 Å². The lowest BCUT2D eigenvalue weighted by Crippen LogP contribution is -2.19. The standard InChI is InChI=1S/C19H21N3O3/c20-19(23)14-25-11-10-24-13-17-16-8-4-5-9-18(16)22(21-17)12-15-6-2-1-3-7-15/h1-9H,10-14H2,(H2,20,23). The van der Waals surface area contributed by atoms with Crippen molar-refractivity contribution in [2.75, 3.05) is 19.8 Å². The lowest BCUT2D eigenvalue weighted by atomic mass is 10.2. The van der Waals surface area contributed by atoms with Gasteiger partial charge in [-0.2, -0.15) is 5.10 Å². The van der Waals surface area contributed by atoms with Crippen LogP contribution in [0.2, 0.25) is 0 Å². The molecule has 0 aliphatic rings. The summed E-state index contributed by atoms with van der Waals surface area (Å²) in [5.41, 5.74) is 8.18. The van der Waals surface area contributed by atoms with Crippen molar-refractivity contribution in [2.45, 2.75) is 13.2 Å². The third kappa shape index (κ3) is 4.65. The van der Waals surface area contributed by atoms with Crippen LogP contribution in [0.5, 0.6) is 0 Å². The van der Waals surface area contributed by atoms with Crippen molar-refractivity contribution < 1.29 is 14.3 Å². The third-order valence-electron chi connectivity index (χ3n) is 3.76. The van der Waals surface area contributed by atoms with Crippen LogP contribution in [0.15, 0.2) is 54.6 Å². The first-order valence-corrected chi connectivity index (χ1v) is 8.16. The molecule has 3 aromatic rings. The van der Waals surface area contributed by atoms with Crippen molar-refractivity contribution in [1.29, 1.82) is 0 Å². The van der Waals surface area contributed by atoms with Gasteiger partial charge in [0, 0.05) is 5.39 Å². The Hall–Kier alpha value is -2.70. The number of carbonyl (C=O) groups is 1. The number of rotatable bonds is 9. The number of nitrogens with zero attached hydrogens (tertiary/aromatic N) is 2. The normalized spacial score (nSPS) is 11.0. The second-order valence-electron chi connectivity index (χ2n) is 5.68. The number of hydrogen-bond acceptors (Lipinski definition) is 4. The Labute approximate surface area is 146 Å². The molecule has 0 saturated carbocycles. The summed E-state index contributed by atoms with van der Waals surface area (Å²) in [6.07, 6.45) is 0. The molecule has 6 heteroatoms. The van der Waals surface area contributed by atoms with Crippen LogP contribution in [0.25, 0.3) is 10.9 Å². The Kier molecular flexibility index (Phi) is 5.77. The van der Waals surface area contributed by atoms with Crippen LogP contribution in [-0.2, 0) is 27.4 Å². The molecule has 0 atom stereocenters. The monoisotopic (exact) mass is 339 g/mol. The Morgan fingerprint density at radius 1 is 1.00 bits per heavy atom. The van der Waals surface area contributed by atoms with Gasteiger partial charge >= 0.3 is 0 Å². The largest absolute Gasteiger partial charge is 0.373 e. The van der Waals surface area contributed by atoms with Crippen molar-refractivity contribution in [3.8, 4) is 0 Å². The highest BCUT2D eigenvalue weighted by molar-refractivity contribution is 5.81. The minimum Gasteiger partial charge on any atom is -0.373 e. The van der Waals surface area contributed by atoms with Gasteiger partial charge in [0.15, 0.2) is 0 Å². The van der Waals surface area contributed by atoms with Gasteiger partial charge in [0.25, 0.3) is 0 Å². The number of primary amides is 1. The first-order valence-electron chi connectivity index (χ1n) is 8.16. The number of aromatic nitrogens is 2. The molecule has 0 saturated heterocycles. The van der Waals surface area contributed by atoms with Crippen LogP contribution >= 0.6 is 0 Å². The molecule has 130 valence electrons. The fourth-order valence-corrected chi connectivity index (χ4v) is 2.64. The van der Waals surface area contributed by atoms with Crippen LogP contribution in [0.3, 0.4) is 0 Å². The number of fused-ring (bicyclic) bond motifs is 1. The van der Waals surface area contributed by atoms with E-state index < -0.39 is 5.91 Å². The molecular weight excluding hydrogens is 318 g/mol. The minimum absolute atomic E-state index is 0.0853. The van der Waals surface area contributed by atoms with Gasteiger partial charge in [0.2, 0.25) is 5.91 Å². The maximum Gasteiger partial charge on any atom is 0.243 e. The predicted octanol–water partition coefficient (Wildman–Crippen LogP) is 2.10. The van der Waals surface area contributed by atoms with Crippen molar-refractivity contribution in [3.05, 3.63) is 65.9 Å². The molecule has 0 fully saturated rings. The summed E-state index contributed by atoms with van der Waals surface area (Å²) < 4.78 is 12.7. The molecule has 3 rings (SSSR count). The molecule has 2 aromatic carbocycles. The quantitative estimate of drug-likeness (QED) is 0.606. The first-order chi connectivity index (χ1) is 12.2. The molecule has 0 bridgehead atoms. The molecule has 0 radical (unpaired) electrons. The number of benzene rings is 2. The number of nitrogens with two attached hydrogens (primary N) is 1. The maximum atomic E-state index is 10.6. The van der Waals surface area contributed by atoms with Crippen molar-refractivity contribution >= 4 is 16.8 Å². The Morgan fingerprint density at radius 2 is 1.72 bits per heavy atom. The fourth-order valence-electron chi connectivity index (χ4n) is 2.64. The van der Waals surface area contributed by atoms with Gasteiger partial charge in [0.05, 0.1) is 37.6 Å². The summed E-state index contributed by atoms with van der Waals surface area (Å²) in [6.45, 7) is 1.72. The van der Waals surface area contributed by atoms with E-state index in [2.05, 4.69) is 18.2 Å². The van der Waals surface area contributed by atoms with Gasteiger partial charge in [-0.05, 0) is 11.6 Å². The number of amides is 1. The zero-order valence-electron chi connectivity index (χ0n) is 13.9. The summed E-state index contributed by atoms with van der Waals surface area (Å²) >= 11 is 0. The summed E-state index contributed by atoms with van der Waals surface area (Å²) in [4.78, 5) is 10.6. The van der Waals surface area contributed by atoms with Gasteiger partial charge in [-0.15, -0.1) is 0 Å². The maximum absolute atomic E-state index is 10.6. The summed E-state index contributed by atoms with van der Waals surface area (Å²) in [5, 5.41) is 5.79. The molecule has 0 aliphatic carbocycles. The Bertz CT molecular complexity index is 830. The zero-order chi connectivity index (χ0) is 17.5. The van der Waals surface area contributed by atoms with E-state index in [0.717, 1.165) is 16.6 Å². The summed E-state index contributed by atoms with van der Waals surface area (Å²) in [7, 11) is 0. The van der Waals surface area contributed by atoms with Gasteiger partial charge in [-0.1, -0.05) is 48.5 Å². The van der Waals surface area contributed by atoms with Crippen LogP contribution in [0.4, 0.5) is 0 Å². The smallest absolute Gasteiger partial charge is 0.243 e. The van der Waals surface area contributed by atoms with Crippen molar-refractivity contribution in [2.24, 2.45) is 5.73 Å². The van der Waals surface area contributed by atoms with Crippen molar-refractivity contribution in [3.63, 3.8) is 0 Å². The highest BCUT2D eigenvalue weighted by Crippen LogP contribution is 2.20. The number of ether oxygens (including phenoxy) is 2. The van der Waals surface area contributed by atoms with E-state index in [-0.39, 0.29) is 6.61 Å². The molecule has 1 aromatic heterocycles. The lowest BCUT2D eigenvalue weighted by Gasteiger charge is -2.04. The molecule has 0 spiro atoms. The highest BCUT2D eigenvalue weighted by Gasteiger charge is 2.10. The zero-order valence-corrected chi connectivity index (χ0v) is 13.9.